The minimum atomic E-state index is -0.734. The van der Waals surface area contributed by atoms with Crippen molar-refractivity contribution < 1.29 is 25.0 Å². The van der Waals surface area contributed by atoms with Gasteiger partial charge in [-0.1, -0.05) is 145 Å². The summed E-state index contributed by atoms with van der Waals surface area (Å²) in [5.74, 6) is 0. The molecule has 1 heteroatoms. The summed E-state index contributed by atoms with van der Waals surface area (Å²) in [6.45, 7) is 0. The minimum Gasteiger partial charge on any atom is -0.456 e. The third kappa shape index (κ3) is 4.03. The Morgan fingerprint density at radius 2 is 0.979 bits per heavy atom. The molecule has 9 aromatic carbocycles. The summed E-state index contributed by atoms with van der Waals surface area (Å²) in [5, 5.41) is 2.21. The van der Waals surface area contributed by atoms with Crippen molar-refractivity contribution in [3.8, 4) is 33.4 Å². The van der Waals surface area contributed by atoms with Crippen LogP contribution in [0.15, 0.2) is 174 Å². The predicted octanol–water partition coefficient (Wildman–Crippen LogP) is 13.2. The first-order chi connectivity index (χ1) is 29.5. The molecule has 0 spiro atoms. The predicted molar refractivity (Wildman–Crippen MR) is 200 cm³/mol. The molecule has 0 saturated carbocycles. The third-order valence-electron chi connectivity index (χ3n) is 8.74. The van der Waals surface area contributed by atoms with Crippen LogP contribution in [0.2, 0.25) is 0 Å². The number of furan rings is 1. The molecule has 47 heavy (non-hydrogen) atoms. The lowest BCUT2D eigenvalue weighted by molar-refractivity contribution is 0.669. The van der Waals surface area contributed by atoms with E-state index in [1.165, 1.54) is 0 Å². The maximum Gasteiger partial charge on any atom is 0.136 e. The molecule has 0 amide bonds. The minimum absolute atomic E-state index is 0.0407. The van der Waals surface area contributed by atoms with E-state index in [0.717, 1.165) is 38.3 Å². The zero-order valence-electron chi connectivity index (χ0n) is 39.4. The van der Waals surface area contributed by atoms with Crippen LogP contribution < -0.4 is 0 Å². The van der Waals surface area contributed by atoms with Crippen LogP contribution in [0.1, 0.15) is 20.6 Å². The molecular weight excluding hydrogens is 569 g/mol. The van der Waals surface area contributed by atoms with Gasteiger partial charge in [-0.15, -0.1) is 0 Å². The average molecular weight is 612 g/mol. The third-order valence-corrected chi connectivity index (χ3v) is 8.74. The van der Waals surface area contributed by atoms with E-state index in [1.54, 1.807) is 24.3 Å². The second-order valence-electron chi connectivity index (χ2n) is 11.3. The van der Waals surface area contributed by atoms with Gasteiger partial charge in [0, 0.05) is 10.8 Å². The van der Waals surface area contributed by atoms with E-state index in [9.17, 15) is 8.22 Å². The van der Waals surface area contributed by atoms with E-state index in [0.29, 0.717) is 11.1 Å². The highest BCUT2D eigenvalue weighted by Crippen LogP contribution is 2.44. The molecule has 1 nitrogen and oxygen atoms in total. The normalized spacial score (nSPS) is 16.3. The van der Waals surface area contributed by atoms with Crippen molar-refractivity contribution in [1.29, 1.82) is 0 Å². The first kappa shape index (κ1) is 15.4. The van der Waals surface area contributed by atoms with Gasteiger partial charge in [0.1, 0.15) is 11.2 Å². The van der Waals surface area contributed by atoms with Crippen LogP contribution in [0.5, 0.6) is 0 Å². The van der Waals surface area contributed by atoms with Crippen LogP contribution >= 0.6 is 0 Å². The summed E-state index contributed by atoms with van der Waals surface area (Å²) in [5.41, 5.74) is 2.56. The molecule has 0 saturated heterocycles. The van der Waals surface area contributed by atoms with Crippen molar-refractivity contribution >= 4 is 65.0 Å². The Morgan fingerprint density at radius 3 is 1.72 bits per heavy atom. The quantitative estimate of drug-likeness (QED) is 0.181. The van der Waals surface area contributed by atoms with Crippen molar-refractivity contribution in [2.75, 3.05) is 0 Å². The molecule has 1 heterocycles. The van der Waals surface area contributed by atoms with Gasteiger partial charge in [0.05, 0.1) is 20.6 Å². The Labute approximate surface area is 293 Å². The monoisotopic (exact) mass is 611 g/mol. The molecule has 218 valence electrons. The zero-order chi connectivity index (χ0) is 44.0. The molecule has 10 aromatic rings. The summed E-state index contributed by atoms with van der Waals surface area (Å²) in [7, 11) is 0. The highest BCUT2D eigenvalue weighted by molar-refractivity contribution is 6.22. The molecule has 0 aliphatic carbocycles. The highest BCUT2D eigenvalue weighted by Gasteiger charge is 2.17. The van der Waals surface area contributed by atoms with Gasteiger partial charge < -0.3 is 4.42 Å². The summed E-state index contributed by atoms with van der Waals surface area (Å²) in [6.07, 6.45) is 0. The van der Waals surface area contributed by atoms with Crippen molar-refractivity contribution in [3.05, 3.63) is 169 Å². The summed E-state index contributed by atoms with van der Waals surface area (Å²) in [4.78, 5) is 0. The molecular formula is C46H28O. The van der Waals surface area contributed by atoms with E-state index in [-0.39, 0.29) is 32.7 Å². The molecule has 10 rings (SSSR count). The Bertz CT molecular complexity index is 3610. The molecule has 0 radical (unpaired) electrons. The SMILES string of the molecule is [2H]c1c([2H])c([2H])c2c([2H])c(-c3c4c([2H])c([2H])c([2H])c([2H])c4c(-c4ccc(-c5ccc6oc7ccc8ccccc8c7c6c5)cc4)c4c([2H])c([2H])c([2H])c([2H])c34)c([2H])c([2H])c2c1[2H]. The second-order valence-corrected chi connectivity index (χ2v) is 11.3. The van der Waals surface area contributed by atoms with Crippen molar-refractivity contribution in [2.45, 2.75) is 0 Å². The van der Waals surface area contributed by atoms with Crippen molar-refractivity contribution in [2.24, 2.45) is 0 Å². The molecule has 0 fully saturated rings. The van der Waals surface area contributed by atoms with Gasteiger partial charge in [0.25, 0.3) is 0 Å². The fourth-order valence-electron chi connectivity index (χ4n) is 6.63. The van der Waals surface area contributed by atoms with Crippen LogP contribution in [-0.4, -0.2) is 0 Å². The Kier molecular flexibility index (Phi) is 3.33. The molecule has 0 aliphatic heterocycles. The number of hydrogen-bond donors (Lipinski definition) is 0. The second kappa shape index (κ2) is 10.2. The standard InChI is InChI=1S/C46H28O/c1-2-11-33-27-35(22-19-29(33)9-1)45-39-15-7-5-13-37(39)44(38-14-6-8-16-40(38)45)32-20-17-30(18-21-32)34-24-25-42-41(28-34)46-36-12-4-3-10-31(36)23-26-43(46)47-42/h1-28H/i1D,2D,5D,6D,7D,8D,9D,11D,13D,14D,15D,16D,19D,22D,27D. The van der Waals surface area contributed by atoms with Gasteiger partial charge >= 0.3 is 0 Å². The van der Waals surface area contributed by atoms with E-state index < -0.39 is 107 Å². The zero-order valence-corrected chi connectivity index (χ0v) is 24.4. The molecule has 0 N–H and O–H groups in total. The fourth-order valence-corrected chi connectivity index (χ4v) is 6.63. The lowest BCUT2D eigenvalue weighted by Crippen LogP contribution is -1.91. The molecule has 1 aromatic heterocycles. The fraction of sp³-hybridized carbons (Fsp3) is 0. The van der Waals surface area contributed by atoms with Crippen LogP contribution in [0, 0.1) is 0 Å². The lowest BCUT2D eigenvalue weighted by atomic mass is 9.85. The topological polar surface area (TPSA) is 13.1 Å². The van der Waals surface area contributed by atoms with Gasteiger partial charge in [0.2, 0.25) is 0 Å². The summed E-state index contributed by atoms with van der Waals surface area (Å²) < 4.78 is 140. The van der Waals surface area contributed by atoms with E-state index in [4.69, 9.17) is 16.8 Å². The van der Waals surface area contributed by atoms with Gasteiger partial charge in [-0.25, -0.2) is 0 Å². The van der Waals surface area contributed by atoms with E-state index in [2.05, 4.69) is 0 Å². The van der Waals surface area contributed by atoms with Gasteiger partial charge in [-0.05, 0) is 101 Å². The van der Waals surface area contributed by atoms with Crippen LogP contribution in [-0.2, 0) is 0 Å². The number of fused-ring (bicyclic) bond motifs is 8. The Hall–Kier alpha value is -6.18. The summed E-state index contributed by atoms with van der Waals surface area (Å²) >= 11 is 0. The Balaban J connectivity index is 1.31. The Morgan fingerprint density at radius 1 is 0.383 bits per heavy atom. The first-order valence-electron chi connectivity index (χ1n) is 22.5. The van der Waals surface area contributed by atoms with Gasteiger partial charge in [-0.3, -0.25) is 0 Å². The largest absolute Gasteiger partial charge is 0.456 e. The average Bonchev–Trinajstić information content (AvgIpc) is 3.66. The molecule has 0 aliphatic rings. The molecule has 0 atom stereocenters. The molecule has 0 unspecified atom stereocenters. The van der Waals surface area contributed by atoms with Gasteiger partial charge in [-0.2, -0.15) is 0 Å². The maximum atomic E-state index is 9.42. The number of benzene rings is 9. The smallest absolute Gasteiger partial charge is 0.136 e. The van der Waals surface area contributed by atoms with Crippen LogP contribution in [0.3, 0.4) is 0 Å². The van der Waals surface area contributed by atoms with E-state index >= 15 is 0 Å². The van der Waals surface area contributed by atoms with Gasteiger partial charge in [0.15, 0.2) is 0 Å². The first-order valence-corrected chi connectivity index (χ1v) is 15.0. The maximum absolute atomic E-state index is 9.42. The van der Waals surface area contributed by atoms with Crippen molar-refractivity contribution in [3.63, 3.8) is 0 Å². The number of hydrogen-bond acceptors (Lipinski definition) is 1. The van der Waals surface area contributed by atoms with Crippen LogP contribution in [0.4, 0.5) is 0 Å². The van der Waals surface area contributed by atoms with Crippen molar-refractivity contribution in [1.82, 2.24) is 0 Å². The van der Waals surface area contributed by atoms with E-state index in [1.807, 2.05) is 54.6 Å². The van der Waals surface area contributed by atoms with Crippen LogP contribution in [0.25, 0.3) is 98.4 Å². The highest BCUT2D eigenvalue weighted by atomic mass is 16.3. The lowest BCUT2D eigenvalue weighted by Gasteiger charge is -2.18. The number of rotatable bonds is 3. The molecule has 0 bridgehead atoms. The summed E-state index contributed by atoms with van der Waals surface area (Å²) in [6, 6.07) is 14.9.